The third-order valence-electron chi connectivity index (χ3n) is 6.39. The molecule has 0 spiro atoms. The Labute approximate surface area is 216 Å². The van der Waals surface area contributed by atoms with E-state index < -0.39 is 0 Å². The Morgan fingerprint density at radius 2 is 1.60 bits per heavy atom. The number of hydrogen-bond donors (Lipinski definition) is 0. The van der Waals surface area contributed by atoms with Crippen LogP contribution in [0.2, 0.25) is 0 Å². The standard InChI is InChI=1S/C31H32BrNO2/c1-5-6-29(34)23-9-7-21(8-10-23)19-27(22-11-15-25(16-12-22)31(2,3)4)28-20-30(35-33-28)24-13-17-26(32)18-14-24/h7-18,20,27H,5-6,19H2,1-4H3. The summed E-state index contributed by atoms with van der Waals surface area (Å²) in [6, 6.07) is 27.0. The van der Waals surface area contributed by atoms with E-state index in [9.17, 15) is 4.79 Å². The number of benzene rings is 3. The highest BCUT2D eigenvalue weighted by Gasteiger charge is 2.22. The van der Waals surface area contributed by atoms with Crippen molar-refractivity contribution in [2.45, 2.75) is 58.3 Å². The lowest BCUT2D eigenvalue weighted by atomic mass is 9.83. The van der Waals surface area contributed by atoms with Gasteiger partial charge in [0.1, 0.15) is 0 Å². The van der Waals surface area contributed by atoms with Gasteiger partial charge in [0.2, 0.25) is 0 Å². The van der Waals surface area contributed by atoms with Crippen LogP contribution < -0.4 is 0 Å². The summed E-state index contributed by atoms with van der Waals surface area (Å²) in [5.41, 5.74) is 6.42. The van der Waals surface area contributed by atoms with E-state index in [0.29, 0.717) is 6.42 Å². The third kappa shape index (κ3) is 6.18. The fraction of sp³-hybridized carbons (Fsp3) is 0.290. The van der Waals surface area contributed by atoms with Gasteiger partial charge in [0.05, 0.1) is 5.69 Å². The smallest absolute Gasteiger partial charge is 0.167 e. The number of rotatable bonds is 8. The minimum Gasteiger partial charge on any atom is -0.356 e. The van der Waals surface area contributed by atoms with Gasteiger partial charge in [-0.2, -0.15) is 0 Å². The summed E-state index contributed by atoms with van der Waals surface area (Å²) in [5.74, 6) is 0.988. The molecule has 1 unspecified atom stereocenters. The van der Waals surface area contributed by atoms with Crippen LogP contribution in [0.25, 0.3) is 11.3 Å². The van der Waals surface area contributed by atoms with E-state index in [2.05, 4.69) is 78.3 Å². The van der Waals surface area contributed by atoms with Gasteiger partial charge in [0, 0.05) is 34.0 Å². The summed E-state index contributed by atoms with van der Waals surface area (Å²) in [6.07, 6.45) is 2.21. The van der Waals surface area contributed by atoms with Crippen molar-refractivity contribution in [1.29, 1.82) is 0 Å². The average molecular weight is 531 g/mol. The lowest BCUT2D eigenvalue weighted by molar-refractivity contribution is 0.0981. The Morgan fingerprint density at radius 1 is 0.943 bits per heavy atom. The molecule has 0 saturated heterocycles. The normalized spacial score (nSPS) is 12.5. The molecule has 0 N–H and O–H groups in total. The first-order valence-corrected chi connectivity index (χ1v) is 13.0. The lowest BCUT2D eigenvalue weighted by Gasteiger charge is -2.21. The molecule has 3 aromatic carbocycles. The van der Waals surface area contributed by atoms with Crippen molar-refractivity contribution < 1.29 is 9.32 Å². The highest BCUT2D eigenvalue weighted by Crippen LogP contribution is 2.33. The van der Waals surface area contributed by atoms with Crippen LogP contribution in [0.15, 0.2) is 87.9 Å². The van der Waals surface area contributed by atoms with Gasteiger partial charge >= 0.3 is 0 Å². The fourth-order valence-corrected chi connectivity index (χ4v) is 4.51. The number of nitrogens with zero attached hydrogens (tertiary/aromatic N) is 1. The Hall–Kier alpha value is -2.98. The van der Waals surface area contributed by atoms with Crippen molar-refractivity contribution >= 4 is 21.7 Å². The van der Waals surface area contributed by atoms with Gasteiger partial charge < -0.3 is 4.52 Å². The van der Waals surface area contributed by atoms with E-state index in [1.54, 1.807) is 0 Å². The summed E-state index contributed by atoms with van der Waals surface area (Å²) in [6.45, 7) is 8.71. The quantitative estimate of drug-likeness (QED) is 0.214. The zero-order valence-electron chi connectivity index (χ0n) is 20.8. The van der Waals surface area contributed by atoms with Crippen molar-refractivity contribution in [3.05, 3.63) is 111 Å². The molecule has 0 radical (unpaired) electrons. The van der Waals surface area contributed by atoms with E-state index in [0.717, 1.165) is 45.5 Å². The minimum absolute atomic E-state index is 0.0363. The van der Waals surface area contributed by atoms with Crippen LogP contribution in [0.4, 0.5) is 0 Å². The van der Waals surface area contributed by atoms with Gasteiger partial charge in [0.15, 0.2) is 11.5 Å². The van der Waals surface area contributed by atoms with Crippen LogP contribution >= 0.6 is 15.9 Å². The number of Topliss-reactive ketones (excluding diaryl/α,β-unsaturated/α-hetero) is 1. The zero-order valence-corrected chi connectivity index (χ0v) is 22.4. The molecule has 0 aliphatic carbocycles. The zero-order chi connectivity index (χ0) is 25.0. The predicted molar refractivity (Wildman–Crippen MR) is 146 cm³/mol. The highest BCUT2D eigenvalue weighted by molar-refractivity contribution is 9.10. The summed E-state index contributed by atoms with van der Waals surface area (Å²) in [7, 11) is 0. The third-order valence-corrected chi connectivity index (χ3v) is 6.91. The number of ketones is 1. The second-order valence-corrected chi connectivity index (χ2v) is 11.0. The van der Waals surface area contributed by atoms with Gasteiger partial charge in [-0.15, -0.1) is 0 Å². The second kappa shape index (κ2) is 10.7. The van der Waals surface area contributed by atoms with Crippen LogP contribution in [0, 0.1) is 0 Å². The minimum atomic E-state index is 0.0363. The number of hydrogen-bond acceptors (Lipinski definition) is 3. The lowest BCUT2D eigenvalue weighted by Crippen LogP contribution is -2.12. The van der Waals surface area contributed by atoms with E-state index in [1.807, 2.05) is 49.4 Å². The molecule has 3 nitrogen and oxygen atoms in total. The van der Waals surface area contributed by atoms with Crippen LogP contribution in [0.5, 0.6) is 0 Å². The van der Waals surface area contributed by atoms with Crippen molar-refractivity contribution in [2.24, 2.45) is 0 Å². The van der Waals surface area contributed by atoms with Crippen molar-refractivity contribution in [3.8, 4) is 11.3 Å². The number of carbonyl (C=O) groups excluding carboxylic acids is 1. The molecular weight excluding hydrogens is 498 g/mol. The first-order valence-electron chi connectivity index (χ1n) is 12.2. The predicted octanol–water partition coefficient (Wildman–Crippen LogP) is 8.76. The molecule has 4 rings (SSSR count). The molecule has 0 amide bonds. The monoisotopic (exact) mass is 529 g/mol. The van der Waals surface area contributed by atoms with Gasteiger partial charge in [-0.25, -0.2) is 0 Å². The molecule has 180 valence electrons. The summed E-state index contributed by atoms with van der Waals surface area (Å²) in [5, 5.41) is 4.49. The van der Waals surface area contributed by atoms with E-state index >= 15 is 0 Å². The molecular formula is C31H32BrNO2. The maximum atomic E-state index is 12.3. The Bertz CT molecular complexity index is 1260. The van der Waals surface area contributed by atoms with Gasteiger partial charge in [-0.05, 0) is 47.1 Å². The molecule has 0 bridgehead atoms. The molecule has 4 heteroatoms. The summed E-state index contributed by atoms with van der Waals surface area (Å²) >= 11 is 3.49. The Balaban J connectivity index is 1.66. The van der Waals surface area contributed by atoms with Crippen LogP contribution in [0.1, 0.15) is 79.2 Å². The Kier molecular flexibility index (Phi) is 7.71. The average Bonchev–Trinajstić information content (AvgIpc) is 3.33. The van der Waals surface area contributed by atoms with Gasteiger partial charge in [-0.1, -0.05) is 109 Å². The number of halogens is 1. The molecule has 0 aliphatic rings. The number of aromatic nitrogens is 1. The molecule has 1 heterocycles. The van der Waals surface area contributed by atoms with Crippen LogP contribution in [0.3, 0.4) is 0 Å². The van der Waals surface area contributed by atoms with E-state index in [4.69, 9.17) is 4.52 Å². The molecule has 1 aromatic heterocycles. The molecule has 1 atom stereocenters. The van der Waals surface area contributed by atoms with Crippen molar-refractivity contribution in [3.63, 3.8) is 0 Å². The van der Waals surface area contributed by atoms with E-state index in [-0.39, 0.29) is 17.1 Å². The Morgan fingerprint density at radius 3 is 2.20 bits per heavy atom. The maximum Gasteiger partial charge on any atom is 0.167 e. The first-order chi connectivity index (χ1) is 16.7. The second-order valence-electron chi connectivity index (χ2n) is 10.1. The van der Waals surface area contributed by atoms with Crippen LogP contribution in [-0.4, -0.2) is 10.9 Å². The highest BCUT2D eigenvalue weighted by atomic mass is 79.9. The summed E-state index contributed by atoms with van der Waals surface area (Å²) < 4.78 is 6.80. The maximum absolute atomic E-state index is 12.3. The molecule has 0 saturated carbocycles. The van der Waals surface area contributed by atoms with Crippen molar-refractivity contribution in [2.75, 3.05) is 0 Å². The fourth-order valence-electron chi connectivity index (χ4n) is 4.25. The summed E-state index contributed by atoms with van der Waals surface area (Å²) in [4.78, 5) is 12.3. The van der Waals surface area contributed by atoms with E-state index in [1.165, 1.54) is 11.1 Å². The van der Waals surface area contributed by atoms with Gasteiger partial charge in [0.25, 0.3) is 0 Å². The molecule has 35 heavy (non-hydrogen) atoms. The van der Waals surface area contributed by atoms with Crippen molar-refractivity contribution in [1.82, 2.24) is 5.16 Å². The topological polar surface area (TPSA) is 43.1 Å². The molecule has 0 aliphatic heterocycles. The molecule has 0 fully saturated rings. The number of carbonyl (C=O) groups is 1. The SMILES string of the molecule is CCCC(=O)c1ccc(CC(c2ccc(C(C)(C)C)cc2)c2cc(-c3ccc(Br)cc3)on2)cc1. The van der Waals surface area contributed by atoms with Crippen LogP contribution in [-0.2, 0) is 11.8 Å². The largest absolute Gasteiger partial charge is 0.356 e. The molecule has 4 aromatic rings. The van der Waals surface area contributed by atoms with Gasteiger partial charge in [-0.3, -0.25) is 4.79 Å². The first kappa shape index (κ1) is 25.1.